The summed E-state index contributed by atoms with van der Waals surface area (Å²) in [5, 5.41) is 13.6. The molecule has 1 N–H and O–H groups in total. The summed E-state index contributed by atoms with van der Waals surface area (Å²) in [6, 6.07) is 9.41. The third kappa shape index (κ3) is 3.51. The lowest BCUT2D eigenvalue weighted by molar-refractivity contribution is -0.139. The van der Waals surface area contributed by atoms with E-state index in [4.69, 9.17) is 0 Å². The average molecular weight is 350 g/mol. The Balaban J connectivity index is 2.30. The summed E-state index contributed by atoms with van der Waals surface area (Å²) in [7, 11) is -3.73. The molecule has 0 saturated carbocycles. The smallest absolute Gasteiger partial charge is 0.324 e. The van der Waals surface area contributed by atoms with Gasteiger partial charge in [-0.05, 0) is 49.4 Å². The van der Waals surface area contributed by atoms with Crippen LogP contribution in [0, 0.1) is 0 Å². The number of hydrogen-bond donors (Lipinski definition) is 1. The lowest BCUT2D eigenvalue weighted by Crippen LogP contribution is -2.44. The summed E-state index contributed by atoms with van der Waals surface area (Å²) < 4.78 is 23.9. The second-order valence-corrected chi connectivity index (χ2v) is 8.61. The number of benzene rings is 1. The van der Waals surface area contributed by atoms with Crippen LogP contribution in [0.4, 0.5) is 0 Å². The molecule has 2 rings (SSSR count). The van der Waals surface area contributed by atoms with Gasteiger partial charge in [0.05, 0.1) is 5.69 Å². The van der Waals surface area contributed by atoms with Gasteiger partial charge in [-0.15, -0.1) is 0 Å². The van der Waals surface area contributed by atoms with Gasteiger partial charge in [-0.1, -0.05) is 19.1 Å². The van der Waals surface area contributed by atoms with Gasteiger partial charge in [0.25, 0.3) is 0 Å². The topological polar surface area (TPSA) is 89.3 Å². The first-order valence-electron chi connectivity index (χ1n) is 7.72. The average Bonchev–Trinajstić information content (AvgIpc) is 3.05. The largest absolute Gasteiger partial charge is 0.480 e. The Morgan fingerprint density at radius 3 is 2.38 bits per heavy atom. The summed E-state index contributed by atoms with van der Waals surface area (Å²) in [4.78, 5) is 11.6. The predicted molar refractivity (Wildman–Crippen MR) is 92.1 cm³/mol. The van der Waals surface area contributed by atoms with Gasteiger partial charge in [0.1, 0.15) is 0 Å². The van der Waals surface area contributed by atoms with Crippen molar-refractivity contribution < 1.29 is 18.3 Å². The van der Waals surface area contributed by atoms with Gasteiger partial charge in [0.15, 0.2) is 14.6 Å². The lowest BCUT2D eigenvalue weighted by Gasteiger charge is -2.28. The Labute approximate surface area is 142 Å². The van der Waals surface area contributed by atoms with E-state index in [1.165, 1.54) is 6.92 Å². The number of carbonyl (C=O) groups is 1. The monoisotopic (exact) mass is 350 g/mol. The van der Waals surface area contributed by atoms with Crippen LogP contribution in [0.3, 0.4) is 0 Å². The number of rotatable bonds is 7. The molecule has 0 amide bonds. The number of sulfone groups is 1. The quantitative estimate of drug-likeness (QED) is 0.829. The zero-order valence-corrected chi connectivity index (χ0v) is 14.8. The molecular weight excluding hydrogens is 328 g/mol. The van der Waals surface area contributed by atoms with Crippen molar-refractivity contribution in [3.05, 3.63) is 48.3 Å². The van der Waals surface area contributed by atoms with E-state index in [2.05, 4.69) is 5.10 Å². The van der Waals surface area contributed by atoms with E-state index in [0.29, 0.717) is 6.42 Å². The minimum atomic E-state index is -3.73. The minimum Gasteiger partial charge on any atom is -0.480 e. The summed E-state index contributed by atoms with van der Waals surface area (Å²) in [5.41, 5.74) is 1.81. The third-order valence-electron chi connectivity index (χ3n) is 4.53. The van der Waals surface area contributed by atoms with Gasteiger partial charge in [-0.25, -0.2) is 13.1 Å². The molecule has 0 saturated heterocycles. The first-order chi connectivity index (χ1) is 11.2. The SMILES string of the molecule is CCC(CC(C)(C(=O)O)S(C)(=O)=O)c1ccc(-n2cccn2)cc1. The fourth-order valence-corrected chi connectivity index (χ4v) is 3.51. The van der Waals surface area contributed by atoms with Crippen molar-refractivity contribution in [2.75, 3.05) is 6.26 Å². The van der Waals surface area contributed by atoms with Crippen LogP contribution in [0.15, 0.2) is 42.7 Å². The highest BCUT2D eigenvalue weighted by molar-refractivity contribution is 7.92. The summed E-state index contributed by atoms with van der Waals surface area (Å²) in [5.74, 6) is -1.47. The maximum Gasteiger partial charge on any atom is 0.324 e. The Morgan fingerprint density at radius 2 is 1.96 bits per heavy atom. The molecule has 0 aliphatic heterocycles. The summed E-state index contributed by atoms with van der Waals surface area (Å²) in [6.45, 7) is 3.21. The lowest BCUT2D eigenvalue weighted by atomic mass is 9.87. The van der Waals surface area contributed by atoms with E-state index >= 15 is 0 Å². The molecule has 1 heterocycles. The van der Waals surface area contributed by atoms with Crippen molar-refractivity contribution in [2.45, 2.75) is 37.4 Å². The molecule has 0 radical (unpaired) electrons. The van der Waals surface area contributed by atoms with E-state index in [-0.39, 0.29) is 12.3 Å². The van der Waals surface area contributed by atoms with Crippen LogP contribution in [-0.2, 0) is 14.6 Å². The molecule has 0 fully saturated rings. The second kappa shape index (κ2) is 6.76. The highest BCUT2D eigenvalue weighted by Gasteiger charge is 2.45. The maximum atomic E-state index is 12.0. The number of aliphatic carboxylic acids is 1. The van der Waals surface area contributed by atoms with E-state index in [1.807, 2.05) is 43.5 Å². The molecule has 24 heavy (non-hydrogen) atoms. The molecule has 6 nitrogen and oxygen atoms in total. The van der Waals surface area contributed by atoms with E-state index in [1.54, 1.807) is 10.9 Å². The van der Waals surface area contributed by atoms with Gasteiger partial charge in [0.2, 0.25) is 0 Å². The first kappa shape index (κ1) is 18.2. The Bertz CT molecular complexity index is 798. The van der Waals surface area contributed by atoms with Crippen LogP contribution in [-0.4, -0.2) is 40.3 Å². The number of hydrogen-bond acceptors (Lipinski definition) is 4. The Hall–Kier alpha value is -2.15. The molecular formula is C17H22N2O4S. The van der Waals surface area contributed by atoms with Gasteiger partial charge < -0.3 is 5.11 Å². The highest BCUT2D eigenvalue weighted by Crippen LogP contribution is 2.34. The molecule has 0 bridgehead atoms. The fourth-order valence-electron chi connectivity index (χ4n) is 2.69. The van der Waals surface area contributed by atoms with Gasteiger partial charge in [-0.3, -0.25) is 4.79 Å². The number of aromatic nitrogens is 2. The molecule has 2 aromatic rings. The maximum absolute atomic E-state index is 12.0. The van der Waals surface area contributed by atoms with Crippen LogP contribution >= 0.6 is 0 Å². The molecule has 0 spiro atoms. The van der Waals surface area contributed by atoms with Crippen molar-refractivity contribution in [2.24, 2.45) is 0 Å². The summed E-state index contributed by atoms with van der Waals surface area (Å²) in [6.07, 6.45) is 5.19. The molecule has 2 atom stereocenters. The molecule has 2 unspecified atom stereocenters. The van der Waals surface area contributed by atoms with Gasteiger partial charge >= 0.3 is 5.97 Å². The molecule has 0 aliphatic carbocycles. The molecule has 130 valence electrons. The zero-order valence-electron chi connectivity index (χ0n) is 14.0. The van der Waals surface area contributed by atoms with E-state index in [9.17, 15) is 18.3 Å². The van der Waals surface area contributed by atoms with Crippen molar-refractivity contribution >= 4 is 15.8 Å². The number of carboxylic acids is 1. The zero-order chi connectivity index (χ0) is 18.0. The normalized spacial score (nSPS) is 15.6. The number of carboxylic acid groups (broad SMARTS) is 1. The van der Waals surface area contributed by atoms with Gasteiger partial charge in [0, 0.05) is 18.6 Å². The molecule has 7 heteroatoms. The van der Waals surface area contributed by atoms with Crippen molar-refractivity contribution in [3.8, 4) is 5.69 Å². The van der Waals surface area contributed by atoms with Gasteiger partial charge in [-0.2, -0.15) is 5.10 Å². The van der Waals surface area contributed by atoms with E-state index < -0.39 is 20.6 Å². The van der Waals surface area contributed by atoms with Crippen LogP contribution in [0.25, 0.3) is 5.69 Å². The highest BCUT2D eigenvalue weighted by atomic mass is 32.2. The Morgan fingerprint density at radius 1 is 1.33 bits per heavy atom. The standard InChI is InChI=1S/C17H22N2O4S/c1-4-13(12-17(2,16(20)21)24(3,22)23)14-6-8-15(9-7-14)19-11-5-10-18-19/h5-11,13H,4,12H2,1-3H3,(H,20,21). The first-order valence-corrected chi connectivity index (χ1v) is 9.61. The van der Waals surface area contributed by atoms with Crippen LogP contribution in [0.5, 0.6) is 0 Å². The molecule has 0 aliphatic rings. The predicted octanol–water partition coefficient (Wildman–Crippen LogP) is 2.64. The summed E-state index contributed by atoms with van der Waals surface area (Å²) >= 11 is 0. The van der Waals surface area contributed by atoms with E-state index in [0.717, 1.165) is 17.5 Å². The molecule has 1 aromatic heterocycles. The van der Waals surface area contributed by atoms with Crippen LogP contribution in [0.2, 0.25) is 0 Å². The Kier molecular flexibility index (Phi) is 5.13. The van der Waals surface area contributed by atoms with Crippen LogP contribution < -0.4 is 0 Å². The van der Waals surface area contributed by atoms with Crippen molar-refractivity contribution in [1.29, 1.82) is 0 Å². The van der Waals surface area contributed by atoms with Crippen molar-refractivity contribution in [3.63, 3.8) is 0 Å². The second-order valence-electron chi connectivity index (χ2n) is 6.16. The van der Waals surface area contributed by atoms with Crippen molar-refractivity contribution in [1.82, 2.24) is 9.78 Å². The minimum absolute atomic E-state index is 0.0405. The van der Waals surface area contributed by atoms with Crippen LogP contribution in [0.1, 0.15) is 38.2 Å². The molecule has 1 aromatic carbocycles. The third-order valence-corrected chi connectivity index (χ3v) is 6.51. The fraction of sp³-hybridized carbons (Fsp3) is 0.412. The number of nitrogens with zero attached hydrogens (tertiary/aromatic N) is 2.